The lowest BCUT2D eigenvalue weighted by atomic mass is 9.86. The molecular formula is C17H29NO2. The van der Waals surface area contributed by atoms with Crippen LogP contribution in [0.15, 0.2) is 24.3 Å². The van der Waals surface area contributed by atoms with E-state index in [0.29, 0.717) is 13.2 Å². The summed E-state index contributed by atoms with van der Waals surface area (Å²) in [6.07, 6.45) is -0.512. The predicted molar refractivity (Wildman–Crippen MR) is 84.4 cm³/mol. The summed E-state index contributed by atoms with van der Waals surface area (Å²) in [7, 11) is 0. The highest BCUT2D eigenvalue weighted by Crippen LogP contribution is 2.30. The summed E-state index contributed by atoms with van der Waals surface area (Å²) in [5.74, 6) is 0.856. The zero-order chi connectivity index (χ0) is 15.4. The zero-order valence-corrected chi connectivity index (χ0v) is 13.7. The van der Waals surface area contributed by atoms with Crippen molar-refractivity contribution in [1.82, 2.24) is 5.32 Å². The lowest BCUT2D eigenvalue weighted by Gasteiger charge is -2.25. The molecule has 0 aromatic heterocycles. The number of para-hydroxylation sites is 1. The van der Waals surface area contributed by atoms with Crippen molar-refractivity contribution in [2.45, 2.75) is 58.6 Å². The van der Waals surface area contributed by atoms with Crippen molar-refractivity contribution in [3.8, 4) is 5.75 Å². The van der Waals surface area contributed by atoms with Crippen LogP contribution in [-0.2, 0) is 5.41 Å². The highest BCUT2D eigenvalue weighted by atomic mass is 16.5. The van der Waals surface area contributed by atoms with Crippen molar-refractivity contribution in [3.63, 3.8) is 0 Å². The topological polar surface area (TPSA) is 41.5 Å². The molecule has 0 amide bonds. The molecule has 2 N–H and O–H groups in total. The predicted octanol–water partition coefficient (Wildman–Crippen LogP) is 3.11. The van der Waals surface area contributed by atoms with E-state index in [1.54, 1.807) is 0 Å². The van der Waals surface area contributed by atoms with E-state index in [0.717, 1.165) is 11.3 Å². The number of benzene rings is 1. The molecule has 0 aliphatic rings. The first-order chi connectivity index (χ1) is 9.09. The average Bonchev–Trinajstić information content (AvgIpc) is 2.32. The van der Waals surface area contributed by atoms with Gasteiger partial charge in [-0.05, 0) is 37.8 Å². The van der Waals surface area contributed by atoms with Crippen LogP contribution in [0.25, 0.3) is 0 Å². The minimum absolute atomic E-state index is 0.00426. The van der Waals surface area contributed by atoms with Crippen molar-refractivity contribution in [1.29, 1.82) is 0 Å². The SMILES string of the molecule is CC(C)(C)NC[C@@H](O)COc1ccccc1C(C)(C)C. The number of hydrogen-bond acceptors (Lipinski definition) is 3. The van der Waals surface area contributed by atoms with Gasteiger partial charge in [0.15, 0.2) is 0 Å². The fourth-order valence-electron chi connectivity index (χ4n) is 1.88. The van der Waals surface area contributed by atoms with Gasteiger partial charge in [0.05, 0.1) is 0 Å². The number of rotatable bonds is 5. The second-order valence-electron chi connectivity index (χ2n) is 7.34. The van der Waals surface area contributed by atoms with Crippen LogP contribution in [-0.4, -0.2) is 29.9 Å². The second-order valence-corrected chi connectivity index (χ2v) is 7.34. The molecule has 0 radical (unpaired) electrons. The maximum absolute atomic E-state index is 9.98. The van der Waals surface area contributed by atoms with E-state index in [1.807, 2.05) is 18.2 Å². The summed E-state index contributed by atoms with van der Waals surface area (Å²) < 4.78 is 5.80. The van der Waals surface area contributed by atoms with Gasteiger partial charge in [0, 0.05) is 12.1 Å². The number of hydrogen-bond donors (Lipinski definition) is 2. The Kier molecular flexibility index (Phi) is 5.60. The molecule has 114 valence electrons. The van der Waals surface area contributed by atoms with Gasteiger partial charge in [-0.2, -0.15) is 0 Å². The second kappa shape index (κ2) is 6.59. The van der Waals surface area contributed by atoms with Crippen LogP contribution < -0.4 is 10.1 Å². The van der Waals surface area contributed by atoms with E-state index in [1.165, 1.54) is 0 Å². The number of nitrogens with one attached hydrogen (secondary N) is 1. The van der Waals surface area contributed by atoms with Gasteiger partial charge in [0.25, 0.3) is 0 Å². The maximum Gasteiger partial charge on any atom is 0.123 e. The summed E-state index contributed by atoms with van der Waals surface area (Å²) in [6, 6.07) is 8.02. The molecule has 3 heteroatoms. The first-order valence-electron chi connectivity index (χ1n) is 7.25. The Bertz CT molecular complexity index is 416. The molecule has 0 saturated carbocycles. The maximum atomic E-state index is 9.98. The molecule has 0 aliphatic carbocycles. The van der Waals surface area contributed by atoms with Crippen LogP contribution in [0.1, 0.15) is 47.1 Å². The molecular weight excluding hydrogens is 250 g/mol. The van der Waals surface area contributed by atoms with Gasteiger partial charge in [-0.25, -0.2) is 0 Å². The molecule has 1 rings (SSSR count). The average molecular weight is 279 g/mol. The zero-order valence-electron chi connectivity index (χ0n) is 13.7. The summed E-state index contributed by atoms with van der Waals surface area (Å²) in [5.41, 5.74) is 1.20. The van der Waals surface area contributed by atoms with Crippen LogP contribution in [0.5, 0.6) is 5.75 Å². The molecule has 20 heavy (non-hydrogen) atoms. The standard InChI is InChI=1S/C17H29NO2/c1-16(2,3)14-9-7-8-10-15(14)20-12-13(19)11-18-17(4,5)6/h7-10,13,18-19H,11-12H2,1-6H3/t13-/m1/s1. The van der Waals surface area contributed by atoms with Crippen LogP contribution in [0.2, 0.25) is 0 Å². The monoisotopic (exact) mass is 279 g/mol. The van der Waals surface area contributed by atoms with Gasteiger partial charge in [-0.1, -0.05) is 39.0 Å². The summed E-state index contributed by atoms with van der Waals surface area (Å²) in [6.45, 7) is 13.5. The molecule has 0 heterocycles. The van der Waals surface area contributed by atoms with E-state index in [4.69, 9.17) is 4.74 Å². The molecule has 3 nitrogen and oxygen atoms in total. The van der Waals surface area contributed by atoms with Crippen LogP contribution in [0.4, 0.5) is 0 Å². The normalized spacial score (nSPS) is 14.2. The first-order valence-corrected chi connectivity index (χ1v) is 7.25. The van der Waals surface area contributed by atoms with Crippen molar-refractivity contribution >= 4 is 0 Å². The molecule has 0 fully saturated rings. The smallest absolute Gasteiger partial charge is 0.123 e. The van der Waals surface area contributed by atoms with E-state index < -0.39 is 6.10 Å². The van der Waals surface area contributed by atoms with Gasteiger partial charge < -0.3 is 15.2 Å². The third-order valence-electron chi connectivity index (χ3n) is 2.99. The highest BCUT2D eigenvalue weighted by Gasteiger charge is 2.19. The molecule has 1 aromatic carbocycles. The summed E-state index contributed by atoms with van der Waals surface area (Å²) >= 11 is 0. The van der Waals surface area contributed by atoms with E-state index in [9.17, 15) is 5.11 Å². The lowest BCUT2D eigenvalue weighted by molar-refractivity contribution is 0.0990. The van der Waals surface area contributed by atoms with Crippen molar-refractivity contribution in [2.24, 2.45) is 0 Å². The van der Waals surface area contributed by atoms with Crippen molar-refractivity contribution in [3.05, 3.63) is 29.8 Å². The molecule has 1 aromatic rings. The van der Waals surface area contributed by atoms with E-state index >= 15 is 0 Å². The molecule has 0 bridgehead atoms. The lowest BCUT2D eigenvalue weighted by Crippen LogP contribution is -2.42. The van der Waals surface area contributed by atoms with Crippen LogP contribution in [0, 0.1) is 0 Å². The quantitative estimate of drug-likeness (QED) is 0.870. The first kappa shape index (κ1) is 17.0. The molecule has 0 saturated heterocycles. The fraction of sp³-hybridized carbons (Fsp3) is 0.647. The van der Waals surface area contributed by atoms with Gasteiger partial charge in [-0.3, -0.25) is 0 Å². The third-order valence-corrected chi connectivity index (χ3v) is 2.99. The third kappa shape index (κ3) is 5.93. The number of β-amino-alcohol motifs (C(OH)–C–C–N with tert-alkyl or cyclic N) is 1. The molecule has 0 aliphatic heterocycles. The molecule has 0 unspecified atom stereocenters. The summed E-state index contributed by atoms with van der Waals surface area (Å²) in [4.78, 5) is 0. The van der Waals surface area contributed by atoms with E-state index in [-0.39, 0.29) is 11.0 Å². The molecule has 0 spiro atoms. The Morgan fingerprint density at radius 2 is 1.70 bits per heavy atom. The van der Waals surface area contributed by atoms with Gasteiger partial charge in [-0.15, -0.1) is 0 Å². The van der Waals surface area contributed by atoms with Gasteiger partial charge in [0.2, 0.25) is 0 Å². The summed E-state index contributed by atoms with van der Waals surface area (Å²) in [5, 5.41) is 13.3. The van der Waals surface area contributed by atoms with E-state index in [2.05, 4.69) is 52.9 Å². The number of ether oxygens (including phenoxy) is 1. The minimum Gasteiger partial charge on any atom is -0.491 e. The highest BCUT2D eigenvalue weighted by molar-refractivity contribution is 5.38. The Hall–Kier alpha value is -1.06. The fourth-order valence-corrected chi connectivity index (χ4v) is 1.88. The van der Waals surface area contributed by atoms with Crippen molar-refractivity contribution < 1.29 is 9.84 Å². The van der Waals surface area contributed by atoms with Gasteiger partial charge >= 0.3 is 0 Å². The van der Waals surface area contributed by atoms with Crippen molar-refractivity contribution in [2.75, 3.05) is 13.2 Å². The minimum atomic E-state index is -0.512. The Morgan fingerprint density at radius 1 is 1.10 bits per heavy atom. The number of aliphatic hydroxyl groups is 1. The molecule has 1 atom stereocenters. The Morgan fingerprint density at radius 3 is 2.25 bits per heavy atom. The largest absolute Gasteiger partial charge is 0.491 e. The number of aliphatic hydroxyl groups excluding tert-OH is 1. The van der Waals surface area contributed by atoms with Crippen LogP contribution in [0.3, 0.4) is 0 Å². The Labute approximate surface area is 123 Å². The van der Waals surface area contributed by atoms with Gasteiger partial charge in [0.1, 0.15) is 18.5 Å². The Balaban J connectivity index is 2.58. The van der Waals surface area contributed by atoms with Crippen LogP contribution >= 0.6 is 0 Å².